The van der Waals surface area contributed by atoms with Gasteiger partial charge in [-0.05, 0) is 13.0 Å². The van der Waals surface area contributed by atoms with Crippen molar-refractivity contribution in [2.45, 2.75) is 6.42 Å². The first-order chi connectivity index (χ1) is 4.81. The van der Waals surface area contributed by atoms with Crippen LogP contribution in [0.1, 0.15) is 6.42 Å². The van der Waals surface area contributed by atoms with Crippen LogP contribution < -0.4 is 11.1 Å². The van der Waals surface area contributed by atoms with E-state index in [0.29, 0.717) is 13.2 Å². The van der Waals surface area contributed by atoms with Crippen LogP contribution >= 0.6 is 0 Å². The molecule has 0 aromatic rings. The van der Waals surface area contributed by atoms with Gasteiger partial charge in [-0.2, -0.15) is 0 Å². The van der Waals surface area contributed by atoms with Crippen LogP contribution in [0.3, 0.4) is 0 Å². The van der Waals surface area contributed by atoms with Gasteiger partial charge in [-0.25, -0.2) is 0 Å². The predicted molar refractivity (Wildman–Crippen MR) is 38.6 cm³/mol. The number of carbonyl (C=O) groups is 1. The molecule has 0 aliphatic heterocycles. The van der Waals surface area contributed by atoms with Crippen LogP contribution in [0.5, 0.6) is 0 Å². The minimum absolute atomic E-state index is 0.1000. The van der Waals surface area contributed by atoms with Gasteiger partial charge in [0, 0.05) is 13.7 Å². The Bertz CT molecular complexity index is 95.7. The Balaban J connectivity index is 2.96. The van der Waals surface area contributed by atoms with Crippen molar-refractivity contribution < 1.29 is 9.53 Å². The first-order valence-corrected chi connectivity index (χ1v) is 3.29. The highest BCUT2D eigenvalue weighted by Gasteiger charge is 1.94. The summed E-state index contributed by atoms with van der Waals surface area (Å²) < 4.78 is 4.93. The molecule has 0 unspecified atom stereocenters. The molecule has 3 N–H and O–H groups in total. The van der Waals surface area contributed by atoms with Gasteiger partial charge in [-0.1, -0.05) is 0 Å². The van der Waals surface area contributed by atoms with Gasteiger partial charge in [0.1, 0.15) is 6.61 Å². The van der Waals surface area contributed by atoms with Crippen LogP contribution in [0.2, 0.25) is 0 Å². The van der Waals surface area contributed by atoms with Crippen molar-refractivity contribution in [1.82, 2.24) is 5.32 Å². The van der Waals surface area contributed by atoms with Gasteiger partial charge < -0.3 is 15.8 Å². The molecule has 4 heteroatoms. The predicted octanol–water partition coefficient (Wildman–Crippen LogP) is -0.902. The van der Waals surface area contributed by atoms with E-state index in [9.17, 15) is 4.79 Å². The van der Waals surface area contributed by atoms with E-state index in [1.54, 1.807) is 7.05 Å². The van der Waals surface area contributed by atoms with Crippen LogP contribution in [-0.4, -0.2) is 32.7 Å². The van der Waals surface area contributed by atoms with Crippen LogP contribution in [0, 0.1) is 0 Å². The Morgan fingerprint density at radius 2 is 2.40 bits per heavy atom. The zero-order valence-corrected chi connectivity index (χ0v) is 6.22. The smallest absolute Gasteiger partial charge is 0.245 e. The van der Waals surface area contributed by atoms with E-state index in [4.69, 9.17) is 10.5 Å². The maximum Gasteiger partial charge on any atom is 0.245 e. The fourth-order valence-corrected chi connectivity index (χ4v) is 0.422. The zero-order chi connectivity index (χ0) is 7.82. The zero-order valence-electron chi connectivity index (χ0n) is 6.22. The topological polar surface area (TPSA) is 64.3 Å². The molecule has 0 fully saturated rings. The van der Waals surface area contributed by atoms with E-state index in [-0.39, 0.29) is 12.5 Å². The highest BCUT2D eigenvalue weighted by Crippen LogP contribution is 1.78. The molecule has 60 valence electrons. The summed E-state index contributed by atoms with van der Waals surface area (Å²) in [6.07, 6.45) is 0.803. The quantitative estimate of drug-likeness (QED) is 0.494. The van der Waals surface area contributed by atoms with Crippen molar-refractivity contribution in [2.24, 2.45) is 5.73 Å². The van der Waals surface area contributed by atoms with Crippen molar-refractivity contribution in [2.75, 3.05) is 26.8 Å². The summed E-state index contributed by atoms with van der Waals surface area (Å²) >= 11 is 0. The fraction of sp³-hybridized carbons (Fsp3) is 0.833. The lowest BCUT2D eigenvalue weighted by Gasteiger charge is -2.00. The average Bonchev–Trinajstić information content (AvgIpc) is 1.98. The number of rotatable bonds is 5. The minimum Gasteiger partial charge on any atom is -0.372 e. The second-order valence-electron chi connectivity index (χ2n) is 1.87. The van der Waals surface area contributed by atoms with Crippen molar-refractivity contribution in [3.05, 3.63) is 0 Å². The second kappa shape index (κ2) is 6.51. The summed E-state index contributed by atoms with van der Waals surface area (Å²) in [5.41, 5.74) is 5.20. The lowest BCUT2D eigenvalue weighted by atomic mass is 10.5. The number of nitrogens with one attached hydrogen (secondary N) is 1. The molecule has 10 heavy (non-hydrogen) atoms. The number of carbonyl (C=O) groups excluding carboxylic acids is 1. The molecule has 0 saturated heterocycles. The van der Waals surface area contributed by atoms with Crippen LogP contribution in [0.15, 0.2) is 0 Å². The monoisotopic (exact) mass is 146 g/mol. The van der Waals surface area contributed by atoms with Crippen molar-refractivity contribution in [1.29, 1.82) is 0 Å². The third-order valence-electron chi connectivity index (χ3n) is 1.00. The first-order valence-electron chi connectivity index (χ1n) is 3.29. The van der Waals surface area contributed by atoms with Gasteiger partial charge in [0.25, 0.3) is 0 Å². The molecule has 0 aliphatic carbocycles. The summed E-state index contributed by atoms with van der Waals surface area (Å²) in [6.45, 7) is 1.30. The van der Waals surface area contributed by atoms with Crippen molar-refractivity contribution >= 4 is 5.91 Å². The summed E-state index contributed by atoms with van der Waals surface area (Å²) in [5, 5.41) is 2.45. The van der Waals surface area contributed by atoms with Crippen LogP contribution in [0.4, 0.5) is 0 Å². The molecular formula is C6H14N2O2. The molecule has 0 aliphatic rings. The first kappa shape index (κ1) is 9.39. The summed E-state index contributed by atoms with van der Waals surface area (Å²) in [4.78, 5) is 10.5. The summed E-state index contributed by atoms with van der Waals surface area (Å²) in [5.74, 6) is -0.1000. The van der Waals surface area contributed by atoms with Crippen molar-refractivity contribution in [3.8, 4) is 0 Å². The normalized spacial score (nSPS) is 9.40. The van der Waals surface area contributed by atoms with Gasteiger partial charge in [0.15, 0.2) is 0 Å². The van der Waals surface area contributed by atoms with E-state index in [1.807, 2.05) is 0 Å². The number of hydrogen-bond acceptors (Lipinski definition) is 3. The molecule has 0 atom stereocenters. The Morgan fingerprint density at radius 1 is 1.70 bits per heavy atom. The molecule has 0 radical (unpaired) electrons. The molecule has 0 bridgehead atoms. The fourth-order valence-electron chi connectivity index (χ4n) is 0.422. The van der Waals surface area contributed by atoms with E-state index in [0.717, 1.165) is 6.42 Å². The maximum atomic E-state index is 10.5. The van der Waals surface area contributed by atoms with Gasteiger partial charge in [-0.15, -0.1) is 0 Å². The SMILES string of the molecule is CNC(=O)COCCCN. The lowest BCUT2D eigenvalue weighted by molar-refractivity contribution is -0.125. The Morgan fingerprint density at radius 3 is 2.90 bits per heavy atom. The molecule has 0 aromatic heterocycles. The third kappa shape index (κ3) is 5.53. The molecular weight excluding hydrogens is 132 g/mol. The number of nitrogens with two attached hydrogens (primary N) is 1. The second-order valence-corrected chi connectivity index (χ2v) is 1.87. The molecule has 4 nitrogen and oxygen atoms in total. The Hall–Kier alpha value is -0.610. The highest BCUT2D eigenvalue weighted by molar-refractivity contribution is 5.76. The maximum absolute atomic E-state index is 10.5. The summed E-state index contributed by atoms with van der Waals surface area (Å²) in [6, 6.07) is 0. The Kier molecular flexibility index (Phi) is 6.11. The number of likely N-dealkylation sites (N-methyl/N-ethyl adjacent to an activating group) is 1. The lowest BCUT2D eigenvalue weighted by Crippen LogP contribution is -2.23. The van der Waals surface area contributed by atoms with E-state index in [1.165, 1.54) is 0 Å². The molecule has 0 saturated carbocycles. The van der Waals surface area contributed by atoms with E-state index >= 15 is 0 Å². The van der Waals surface area contributed by atoms with E-state index in [2.05, 4.69) is 5.32 Å². The van der Waals surface area contributed by atoms with Crippen molar-refractivity contribution in [3.63, 3.8) is 0 Å². The average molecular weight is 146 g/mol. The van der Waals surface area contributed by atoms with Gasteiger partial charge in [-0.3, -0.25) is 4.79 Å². The standard InChI is InChI=1S/C6H14N2O2/c1-8-6(9)5-10-4-2-3-7/h2-5,7H2,1H3,(H,8,9). The molecule has 0 spiro atoms. The van der Waals surface area contributed by atoms with Gasteiger partial charge in [0.05, 0.1) is 0 Å². The van der Waals surface area contributed by atoms with Crippen LogP contribution in [-0.2, 0) is 9.53 Å². The van der Waals surface area contributed by atoms with E-state index < -0.39 is 0 Å². The van der Waals surface area contributed by atoms with Gasteiger partial charge in [0.2, 0.25) is 5.91 Å². The number of hydrogen-bond donors (Lipinski definition) is 2. The van der Waals surface area contributed by atoms with Gasteiger partial charge >= 0.3 is 0 Å². The third-order valence-corrected chi connectivity index (χ3v) is 1.00. The Labute approximate surface area is 60.7 Å². The number of amides is 1. The molecule has 1 amide bonds. The van der Waals surface area contributed by atoms with Crippen LogP contribution in [0.25, 0.3) is 0 Å². The number of ether oxygens (including phenoxy) is 1. The summed E-state index contributed by atoms with van der Waals surface area (Å²) in [7, 11) is 1.58. The molecule has 0 rings (SSSR count). The highest BCUT2D eigenvalue weighted by atomic mass is 16.5. The molecule has 0 heterocycles. The minimum atomic E-state index is -0.1000. The molecule has 0 aromatic carbocycles. The largest absolute Gasteiger partial charge is 0.372 e.